The van der Waals surface area contributed by atoms with Crippen LogP contribution in [0.2, 0.25) is 0 Å². The highest BCUT2D eigenvalue weighted by molar-refractivity contribution is 5.87. The van der Waals surface area contributed by atoms with E-state index in [-0.39, 0.29) is 23.5 Å². The van der Waals surface area contributed by atoms with E-state index in [1.165, 1.54) is 18.2 Å². The van der Waals surface area contributed by atoms with Gasteiger partial charge in [-0.1, -0.05) is 32.6 Å². The van der Waals surface area contributed by atoms with E-state index in [9.17, 15) is 14.0 Å². The maximum atomic E-state index is 13.0. The summed E-state index contributed by atoms with van der Waals surface area (Å²) >= 11 is 0. The van der Waals surface area contributed by atoms with Crippen molar-refractivity contribution in [3.05, 3.63) is 48.3 Å². The Kier molecular flexibility index (Phi) is 6.73. The van der Waals surface area contributed by atoms with Crippen molar-refractivity contribution >= 4 is 11.8 Å². The lowest BCUT2D eigenvalue weighted by atomic mass is 9.95. The Hall–Kier alpha value is -2.17. The summed E-state index contributed by atoms with van der Waals surface area (Å²) in [5, 5.41) is 0. The number of nitrogens with zero attached hydrogens (tertiary/aromatic N) is 2. The molecule has 1 aromatic rings. The molecule has 0 unspecified atom stereocenters. The predicted molar refractivity (Wildman–Crippen MR) is 96.4 cm³/mol. The molecule has 5 heteroatoms. The fourth-order valence-electron chi connectivity index (χ4n) is 3.06. The highest BCUT2D eigenvalue weighted by Gasteiger charge is 2.32. The molecule has 136 valence electrons. The standard InChI is InChI=1S/C20H27FN2O2/c1-4-19(24)23-13-17(14-23)11-20(25)22(12-15(2)3)10-9-16-5-7-18(21)8-6-16/h4-8,15,17H,1,9-14H2,2-3H3. The smallest absolute Gasteiger partial charge is 0.245 e. The van der Waals surface area contributed by atoms with Crippen LogP contribution in [0.3, 0.4) is 0 Å². The molecule has 1 heterocycles. The molecule has 1 aliphatic heterocycles. The first-order chi connectivity index (χ1) is 11.9. The van der Waals surface area contributed by atoms with Crippen LogP contribution in [0.5, 0.6) is 0 Å². The van der Waals surface area contributed by atoms with Crippen LogP contribution in [0.25, 0.3) is 0 Å². The number of carbonyl (C=O) groups is 2. The highest BCUT2D eigenvalue weighted by atomic mass is 19.1. The Morgan fingerprint density at radius 2 is 1.96 bits per heavy atom. The van der Waals surface area contributed by atoms with Crippen LogP contribution >= 0.6 is 0 Å². The minimum absolute atomic E-state index is 0.0703. The van der Waals surface area contributed by atoms with Crippen LogP contribution in [-0.4, -0.2) is 47.8 Å². The molecule has 0 spiro atoms. The van der Waals surface area contributed by atoms with Gasteiger partial charge in [-0.3, -0.25) is 9.59 Å². The summed E-state index contributed by atoms with van der Waals surface area (Å²) in [6, 6.07) is 6.42. The fourth-order valence-corrected chi connectivity index (χ4v) is 3.06. The van der Waals surface area contributed by atoms with Gasteiger partial charge in [-0.2, -0.15) is 0 Å². The first-order valence-corrected chi connectivity index (χ1v) is 8.82. The maximum absolute atomic E-state index is 13.0. The second-order valence-electron chi connectivity index (χ2n) is 7.13. The van der Waals surface area contributed by atoms with Crippen LogP contribution in [0.15, 0.2) is 36.9 Å². The van der Waals surface area contributed by atoms with Crippen LogP contribution in [0, 0.1) is 17.7 Å². The summed E-state index contributed by atoms with van der Waals surface area (Å²) in [6.07, 6.45) is 2.49. The number of hydrogen-bond donors (Lipinski definition) is 0. The zero-order valence-electron chi connectivity index (χ0n) is 15.1. The number of hydrogen-bond acceptors (Lipinski definition) is 2. The number of rotatable bonds is 8. The molecule has 1 aliphatic rings. The summed E-state index contributed by atoms with van der Waals surface area (Å²) in [5.41, 5.74) is 1.02. The van der Waals surface area contributed by atoms with Crippen molar-refractivity contribution in [2.75, 3.05) is 26.2 Å². The molecule has 0 bridgehead atoms. The molecule has 1 fully saturated rings. The summed E-state index contributed by atoms with van der Waals surface area (Å²) < 4.78 is 13.0. The lowest BCUT2D eigenvalue weighted by Gasteiger charge is -2.39. The van der Waals surface area contributed by atoms with Crippen molar-refractivity contribution in [3.63, 3.8) is 0 Å². The van der Waals surface area contributed by atoms with E-state index in [0.29, 0.717) is 44.9 Å². The van der Waals surface area contributed by atoms with Crippen LogP contribution in [-0.2, 0) is 16.0 Å². The SMILES string of the molecule is C=CC(=O)N1CC(CC(=O)N(CCc2ccc(F)cc2)CC(C)C)C1. The van der Waals surface area contributed by atoms with E-state index >= 15 is 0 Å². The molecular weight excluding hydrogens is 319 g/mol. The van der Waals surface area contributed by atoms with Gasteiger partial charge in [0.15, 0.2) is 0 Å². The summed E-state index contributed by atoms with van der Waals surface area (Å²) in [5.74, 6) is 0.433. The second-order valence-corrected chi connectivity index (χ2v) is 7.13. The molecule has 2 amide bonds. The van der Waals surface area contributed by atoms with Gasteiger partial charge in [-0.05, 0) is 36.1 Å². The molecule has 0 aliphatic carbocycles. The zero-order valence-corrected chi connectivity index (χ0v) is 15.1. The first kappa shape index (κ1) is 19.2. The lowest BCUT2D eigenvalue weighted by Crippen LogP contribution is -2.51. The van der Waals surface area contributed by atoms with E-state index in [0.717, 1.165) is 5.56 Å². The molecule has 0 atom stereocenters. The molecule has 0 N–H and O–H groups in total. The third-order valence-electron chi connectivity index (χ3n) is 4.43. The average molecular weight is 346 g/mol. The number of benzene rings is 1. The van der Waals surface area contributed by atoms with E-state index in [1.807, 2.05) is 4.90 Å². The van der Waals surface area contributed by atoms with E-state index in [4.69, 9.17) is 0 Å². The zero-order chi connectivity index (χ0) is 18.4. The summed E-state index contributed by atoms with van der Waals surface area (Å²) in [6.45, 7) is 10.3. The van der Waals surface area contributed by atoms with E-state index in [2.05, 4.69) is 20.4 Å². The molecule has 25 heavy (non-hydrogen) atoms. The third kappa shape index (κ3) is 5.69. The maximum Gasteiger partial charge on any atom is 0.245 e. The third-order valence-corrected chi connectivity index (χ3v) is 4.43. The Morgan fingerprint density at radius 1 is 1.32 bits per heavy atom. The number of halogens is 1. The van der Waals surface area contributed by atoms with Crippen molar-refractivity contribution < 1.29 is 14.0 Å². The van der Waals surface area contributed by atoms with Gasteiger partial charge in [0, 0.05) is 38.5 Å². The summed E-state index contributed by atoms with van der Waals surface area (Å²) in [7, 11) is 0. The van der Waals surface area contributed by atoms with E-state index in [1.54, 1.807) is 17.0 Å². The van der Waals surface area contributed by atoms with Gasteiger partial charge in [-0.25, -0.2) is 4.39 Å². The quantitative estimate of drug-likeness (QED) is 0.679. The van der Waals surface area contributed by atoms with Crippen LogP contribution in [0.1, 0.15) is 25.8 Å². The van der Waals surface area contributed by atoms with Crippen molar-refractivity contribution in [2.45, 2.75) is 26.7 Å². The molecule has 1 aromatic carbocycles. The molecule has 4 nitrogen and oxygen atoms in total. The van der Waals surface area contributed by atoms with Gasteiger partial charge >= 0.3 is 0 Å². The first-order valence-electron chi connectivity index (χ1n) is 8.82. The topological polar surface area (TPSA) is 40.6 Å². The lowest BCUT2D eigenvalue weighted by molar-refractivity contribution is -0.139. The van der Waals surface area contributed by atoms with Gasteiger partial charge in [-0.15, -0.1) is 0 Å². The van der Waals surface area contributed by atoms with Crippen LogP contribution < -0.4 is 0 Å². The van der Waals surface area contributed by atoms with Gasteiger partial charge in [0.05, 0.1) is 0 Å². The molecule has 0 saturated carbocycles. The van der Waals surface area contributed by atoms with Gasteiger partial charge in [0.1, 0.15) is 5.82 Å². The Bertz CT molecular complexity index is 607. The van der Waals surface area contributed by atoms with Gasteiger partial charge in [0.25, 0.3) is 0 Å². The largest absolute Gasteiger partial charge is 0.342 e. The van der Waals surface area contributed by atoms with Crippen LogP contribution in [0.4, 0.5) is 4.39 Å². The van der Waals surface area contributed by atoms with Crippen molar-refractivity contribution in [1.29, 1.82) is 0 Å². The van der Waals surface area contributed by atoms with Crippen molar-refractivity contribution in [1.82, 2.24) is 9.80 Å². The number of amides is 2. The Labute approximate surface area is 149 Å². The predicted octanol–water partition coefficient (Wildman–Crippen LogP) is 2.89. The highest BCUT2D eigenvalue weighted by Crippen LogP contribution is 2.21. The normalized spacial score (nSPS) is 14.3. The minimum atomic E-state index is -0.248. The van der Waals surface area contributed by atoms with Gasteiger partial charge in [0.2, 0.25) is 11.8 Å². The van der Waals surface area contributed by atoms with Crippen molar-refractivity contribution in [2.24, 2.45) is 11.8 Å². The van der Waals surface area contributed by atoms with Gasteiger partial charge < -0.3 is 9.80 Å². The number of likely N-dealkylation sites (tertiary alicyclic amines) is 1. The molecule has 2 rings (SSSR count). The molecular formula is C20H27FN2O2. The molecule has 0 radical (unpaired) electrons. The monoisotopic (exact) mass is 346 g/mol. The second kappa shape index (κ2) is 8.79. The fraction of sp³-hybridized carbons (Fsp3) is 0.500. The number of carbonyl (C=O) groups excluding carboxylic acids is 2. The summed E-state index contributed by atoms with van der Waals surface area (Å²) in [4.78, 5) is 27.7. The van der Waals surface area contributed by atoms with E-state index < -0.39 is 0 Å². The average Bonchev–Trinajstić information content (AvgIpc) is 2.54. The minimum Gasteiger partial charge on any atom is -0.342 e. The Morgan fingerprint density at radius 3 is 2.52 bits per heavy atom. The molecule has 0 aromatic heterocycles. The Balaban J connectivity index is 1.86. The molecule has 1 saturated heterocycles. The van der Waals surface area contributed by atoms with Crippen molar-refractivity contribution in [3.8, 4) is 0 Å².